The molecular formula is C19H23B. The second-order valence-corrected chi connectivity index (χ2v) is 7.60. The van der Waals surface area contributed by atoms with Crippen molar-refractivity contribution in [2.75, 3.05) is 0 Å². The smallest absolute Gasteiger partial charge is 0.0696 e. The van der Waals surface area contributed by atoms with E-state index < -0.39 is 0 Å². The third-order valence-corrected chi connectivity index (χ3v) is 4.76. The van der Waals surface area contributed by atoms with Crippen LogP contribution in [0.5, 0.6) is 0 Å². The lowest BCUT2D eigenvalue weighted by atomic mass is 9.25. The summed E-state index contributed by atoms with van der Waals surface area (Å²) in [6, 6.07) is 18.0. The number of fused-ring (bicyclic) bond motifs is 2. The van der Waals surface area contributed by atoms with Gasteiger partial charge in [0.1, 0.15) is 0 Å². The van der Waals surface area contributed by atoms with Gasteiger partial charge in [-0.3, -0.25) is 0 Å². The molecule has 0 radical (unpaired) electrons. The van der Waals surface area contributed by atoms with Crippen LogP contribution in [0.1, 0.15) is 45.7 Å². The van der Waals surface area contributed by atoms with Crippen LogP contribution >= 0.6 is 0 Å². The fourth-order valence-electron chi connectivity index (χ4n) is 3.88. The van der Waals surface area contributed by atoms with Gasteiger partial charge < -0.3 is 0 Å². The van der Waals surface area contributed by atoms with Gasteiger partial charge in [0.15, 0.2) is 0 Å². The van der Waals surface area contributed by atoms with Crippen molar-refractivity contribution in [2.45, 2.75) is 45.3 Å². The fraction of sp³-hybridized carbons (Fsp3) is 0.368. The minimum absolute atomic E-state index is 0.0922. The lowest BCUT2D eigenvalue weighted by Gasteiger charge is -2.42. The van der Waals surface area contributed by atoms with Crippen molar-refractivity contribution in [2.24, 2.45) is 0 Å². The van der Waals surface area contributed by atoms with Crippen LogP contribution in [0.15, 0.2) is 48.5 Å². The molecule has 1 heterocycles. The Kier molecular flexibility index (Phi) is 2.86. The Morgan fingerprint density at radius 1 is 0.750 bits per heavy atom. The largest absolute Gasteiger partial charge is 0.215 e. The van der Waals surface area contributed by atoms with Crippen LogP contribution in [0.25, 0.3) is 0 Å². The molecule has 1 aliphatic heterocycles. The van der Waals surface area contributed by atoms with Crippen molar-refractivity contribution in [3.63, 3.8) is 0 Å². The van der Waals surface area contributed by atoms with E-state index in [-0.39, 0.29) is 10.7 Å². The van der Waals surface area contributed by atoms with Gasteiger partial charge in [-0.2, -0.15) is 0 Å². The second-order valence-electron chi connectivity index (χ2n) is 7.60. The molecule has 0 spiro atoms. The highest BCUT2D eigenvalue weighted by atomic mass is 14.3. The molecule has 0 saturated carbocycles. The minimum atomic E-state index is 0.0922. The molecule has 1 aliphatic rings. The van der Waals surface area contributed by atoms with Crippen molar-refractivity contribution in [3.05, 3.63) is 59.7 Å². The molecule has 2 aromatic carbocycles. The number of rotatable bonds is 0. The van der Waals surface area contributed by atoms with Crippen molar-refractivity contribution in [1.82, 2.24) is 0 Å². The van der Waals surface area contributed by atoms with Crippen LogP contribution < -0.4 is 10.9 Å². The highest BCUT2D eigenvalue weighted by molar-refractivity contribution is 6.88. The summed E-state index contributed by atoms with van der Waals surface area (Å²) in [6.45, 7) is 12.2. The highest BCUT2D eigenvalue weighted by Crippen LogP contribution is 2.38. The van der Waals surface area contributed by atoms with Crippen LogP contribution in [0.3, 0.4) is 0 Å². The summed E-state index contributed by atoms with van der Waals surface area (Å²) < 4.78 is 0. The zero-order valence-electron chi connectivity index (χ0n) is 13.2. The molecule has 20 heavy (non-hydrogen) atoms. The van der Waals surface area contributed by atoms with E-state index in [0.717, 1.165) is 0 Å². The SMILES string of the molecule is CC(C)(C)B1c2ccccc2C(C)(C)c2ccccc21. The summed E-state index contributed by atoms with van der Waals surface area (Å²) in [4.78, 5) is 0. The molecule has 102 valence electrons. The molecule has 3 rings (SSSR count). The zero-order valence-corrected chi connectivity index (χ0v) is 13.2. The molecule has 0 N–H and O–H groups in total. The van der Waals surface area contributed by atoms with Crippen LogP contribution in [-0.2, 0) is 5.41 Å². The lowest BCUT2D eigenvalue weighted by Crippen LogP contribution is -2.58. The molecular weight excluding hydrogens is 239 g/mol. The van der Waals surface area contributed by atoms with Crippen molar-refractivity contribution in [3.8, 4) is 0 Å². The molecule has 0 saturated heterocycles. The van der Waals surface area contributed by atoms with E-state index in [9.17, 15) is 0 Å². The van der Waals surface area contributed by atoms with E-state index in [2.05, 4.69) is 83.1 Å². The summed E-state index contributed by atoms with van der Waals surface area (Å²) in [5.74, 6) is 0. The van der Waals surface area contributed by atoms with Crippen LogP contribution in [0.2, 0.25) is 5.31 Å². The van der Waals surface area contributed by atoms with E-state index in [1.54, 1.807) is 0 Å². The first-order valence-electron chi connectivity index (χ1n) is 7.52. The van der Waals surface area contributed by atoms with Gasteiger partial charge in [-0.15, -0.1) is 0 Å². The quantitative estimate of drug-likeness (QED) is 0.634. The van der Waals surface area contributed by atoms with Crippen molar-refractivity contribution >= 4 is 17.6 Å². The number of benzene rings is 2. The maximum absolute atomic E-state index is 2.35. The first-order chi connectivity index (χ1) is 9.33. The zero-order chi connectivity index (χ0) is 14.5. The average Bonchev–Trinajstić information content (AvgIpc) is 2.38. The maximum Gasteiger partial charge on any atom is 0.215 e. The molecule has 0 aliphatic carbocycles. The minimum Gasteiger partial charge on any atom is -0.0696 e. The number of hydrogen-bond donors (Lipinski definition) is 0. The van der Waals surface area contributed by atoms with Gasteiger partial charge in [-0.25, -0.2) is 0 Å². The van der Waals surface area contributed by atoms with E-state index in [4.69, 9.17) is 0 Å². The monoisotopic (exact) mass is 262 g/mol. The molecule has 0 fully saturated rings. The average molecular weight is 262 g/mol. The fourth-order valence-corrected chi connectivity index (χ4v) is 3.88. The van der Waals surface area contributed by atoms with Crippen molar-refractivity contribution in [1.29, 1.82) is 0 Å². The molecule has 0 amide bonds. The Balaban J connectivity index is 2.36. The van der Waals surface area contributed by atoms with E-state index >= 15 is 0 Å². The van der Waals surface area contributed by atoms with Gasteiger partial charge in [0.05, 0.1) is 0 Å². The van der Waals surface area contributed by atoms with Gasteiger partial charge in [0, 0.05) is 5.41 Å². The Morgan fingerprint density at radius 3 is 1.55 bits per heavy atom. The second kappa shape index (κ2) is 4.25. The topological polar surface area (TPSA) is 0 Å². The summed E-state index contributed by atoms with van der Waals surface area (Å²) in [7, 11) is 0. The van der Waals surface area contributed by atoms with E-state index in [1.807, 2.05) is 0 Å². The van der Waals surface area contributed by atoms with Gasteiger partial charge in [-0.1, -0.05) is 99.4 Å². The lowest BCUT2D eigenvalue weighted by molar-refractivity contribution is 0.641. The predicted molar refractivity (Wildman–Crippen MR) is 89.7 cm³/mol. The Bertz CT molecular complexity index is 597. The summed E-state index contributed by atoms with van der Waals surface area (Å²) >= 11 is 0. The molecule has 0 aromatic heterocycles. The van der Waals surface area contributed by atoms with Gasteiger partial charge in [-0.05, 0) is 11.1 Å². The van der Waals surface area contributed by atoms with Gasteiger partial charge in [0.25, 0.3) is 0 Å². The highest BCUT2D eigenvalue weighted by Gasteiger charge is 2.43. The van der Waals surface area contributed by atoms with Gasteiger partial charge in [0.2, 0.25) is 6.71 Å². The maximum atomic E-state index is 2.35. The molecule has 0 atom stereocenters. The molecule has 1 heteroatoms. The Labute approximate surface area is 123 Å². The molecule has 0 bridgehead atoms. The predicted octanol–water partition coefficient (Wildman–Crippen LogP) is 3.74. The third-order valence-electron chi connectivity index (χ3n) is 4.76. The summed E-state index contributed by atoms with van der Waals surface area (Å²) in [5, 5.41) is 0.225. The third kappa shape index (κ3) is 1.83. The molecule has 2 aromatic rings. The summed E-state index contributed by atoms with van der Waals surface area (Å²) in [5.41, 5.74) is 6.07. The van der Waals surface area contributed by atoms with Gasteiger partial charge >= 0.3 is 0 Å². The molecule has 0 unspecified atom stereocenters. The Morgan fingerprint density at radius 2 is 1.15 bits per heavy atom. The normalized spacial score (nSPS) is 16.6. The first kappa shape index (κ1) is 13.5. The number of hydrogen-bond acceptors (Lipinski definition) is 0. The van der Waals surface area contributed by atoms with E-state index in [0.29, 0.717) is 6.71 Å². The Hall–Kier alpha value is -1.50. The van der Waals surface area contributed by atoms with E-state index in [1.165, 1.54) is 22.1 Å². The van der Waals surface area contributed by atoms with Crippen LogP contribution in [0, 0.1) is 0 Å². The van der Waals surface area contributed by atoms with Crippen molar-refractivity contribution < 1.29 is 0 Å². The van der Waals surface area contributed by atoms with Crippen LogP contribution in [-0.4, -0.2) is 6.71 Å². The summed E-state index contributed by atoms with van der Waals surface area (Å²) in [6.07, 6.45) is 0. The molecule has 0 nitrogen and oxygen atoms in total. The standard InChI is InChI=1S/C19H23B/c1-18(2,3)20-16-12-8-6-10-14(16)19(4,5)15-11-7-9-13-17(15)20/h6-13H,1-5H3. The van der Waals surface area contributed by atoms with Crippen LogP contribution in [0.4, 0.5) is 0 Å². The first-order valence-corrected chi connectivity index (χ1v) is 7.52.